The zero-order chi connectivity index (χ0) is 12.3. The summed E-state index contributed by atoms with van der Waals surface area (Å²) in [4.78, 5) is 26.9. The maximum atomic E-state index is 11.7. The molecule has 1 atom stereocenters. The van der Waals surface area contributed by atoms with Crippen LogP contribution in [0.15, 0.2) is 0 Å². The van der Waals surface area contributed by atoms with Crippen molar-refractivity contribution in [1.29, 1.82) is 0 Å². The molecule has 2 aliphatic rings. The number of rotatable bonds is 5. The smallest absolute Gasteiger partial charge is 0.222 e. The van der Waals surface area contributed by atoms with Gasteiger partial charge in [0.1, 0.15) is 0 Å². The third kappa shape index (κ3) is 3.21. The fourth-order valence-corrected chi connectivity index (χ4v) is 3.00. The molecule has 0 aromatic rings. The molecule has 2 amide bonds. The Morgan fingerprint density at radius 3 is 2.53 bits per heavy atom. The summed E-state index contributed by atoms with van der Waals surface area (Å²) in [6.07, 6.45) is 3.28. The van der Waals surface area contributed by atoms with E-state index in [2.05, 4.69) is 15.9 Å². The molecule has 0 aliphatic carbocycles. The van der Waals surface area contributed by atoms with Crippen molar-refractivity contribution < 1.29 is 9.59 Å². The van der Waals surface area contributed by atoms with Crippen molar-refractivity contribution in [1.82, 2.24) is 9.80 Å². The molecule has 2 fully saturated rings. The third-order valence-electron chi connectivity index (χ3n) is 3.54. The second-order valence-corrected chi connectivity index (χ2v) is 5.55. The van der Waals surface area contributed by atoms with Crippen LogP contribution in [-0.4, -0.2) is 53.1 Å². The number of hydrogen-bond donors (Lipinski definition) is 0. The van der Waals surface area contributed by atoms with Crippen molar-refractivity contribution in [3.63, 3.8) is 0 Å². The molecule has 5 heteroatoms. The van der Waals surface area contributed by atoms with Crippen LogP contribution >= 0.6 is 15.9 Å². The van der Waals surface area contributed by atoms with Gasteiger partial charge in [-0.05, 0) is 18.8 Å². The number of nitrogens with zero attached hydrogens (tertiary/aromatic N) is 2. The summed E-state index contributed by atoms with van der Waals surface area (Å²) in [5, 5.41) is 0.903. The average Bonchev–Trinajstić information content (AvgIpc) is 2.87. The van der Waals surface area contributed by atoms with Gasteiger partial charge in [0.2, 0.25) is 11.8 Å². The minimum absolute atomic E-state index is 0.266. The number of halogens is 1. The number of amides is 2. The standard InChI is InChI=1S/C12H19BrN2O2/c13-8-10-7-12(17)15(9-10)6-2-5-14-4-1-3-11(14)16/h10H,1-9H2. The Kier molecular flexibility index (Phi) is 4.42. The second-order valence-electron chi connectivity index (χ2n) is 4.90. The largest absolute Gasteiger partial charge is 0.343 e. The molecule has 1 unspecified atom stereocenters. The van der Waals surface area contributed by atoms with E-state index in [1.165, 1.54) is 0 Å². The lowest BCUT2D eigenvalue weighted by Crippen LogP contribution is -2.31. The molecule has 0 spiro atoms. The third-order valence-corrected chi connectivity index (χ3v) is 4.46. The molecule has 2 aliphatic heterocycles. The zero-order valence-corrected chi connectivity index (χ0v) is 11.6. The second kappa shape index (κ2) is 5.85. The molecule has 4 nitrogen and oxygen atoms in total. The van der Waals surface area contributed by atoms with Gasteiger partial charge in [0.15, 0.2) is 0 Å². The Balaban J connectivity index is 1.68. The molecule has 0 aromatic heterocycles. The van der Waals surface area contributed by atoms with Crippen LogP contribution in [0.3, 0.4) is 0 Å². The van der Waals surface area contributed by atoms with Crippen LogP contribution < -0.4 is 0 Å². The lowest BCUT2D eigenvalue weighted by atomic mass is 10.2. The fraction of sp³-hybridized carbons (Fsp3) is 0.833. The SMILES string of the molecule is O=C1CCCN1CCCN1CC(CBr)CC1=O. The van der Waals surface area contributed by atoms with E-state index in [4.69, 9.17) is 0 Å². The van der Waals surface area contributed by atoms with Crippen molar-refractivity contribution in [2.75, 3.05) is 31.5 Å². The number of carbonyl (C=O) groups excluding carboxylic acids is 2. The van der Waals surface area contributed by atoms with Gasteiger partial charge in [-0.2, -0.15) is 0 Å². The Morgan fingerprint density at radius 1 is 1.18 bits per heavy atom. The van der Waals surface area contributed by atoms with Crippen LogP contribution in [0.25, 0.3) is 0 Å². The van der Waals surface area contributed by atoms with Crippen LogP contribution in [0, 0.1) is 5.92 Å². The summed E-state index contributed by atoms with van der Waals surface area (Å²) >= 11 is 3.43. The summed E-state index contributed by atoms with van der Waals surface area (Å²) < 4.78 is 0. The molecule has 0 bridgehead atoms. The van der Waals surface area contributed by atoms with Gasteiger partial charge < -0.3 is 9.80 Å². The summed E-state index contributed by atoms with van der Waals surface area (Å²) in [5.41, 5.74) is 0. The van der Waals surface area contributed by atoms with Crippen LogP contribution in [0.5, 0.6) is 0 Å². The van der Waals surface area contributed by atoms with Crippen LogP contribution in [0.1, 0.15) is 25.7 Å². The minimum Gasteiger partial charge on any atom is -0.343 e. The monoisotopic (exact) mass is 302 g/mol. The maximum absolute atomic E-state index is 11.7. The highest BCUT2D eigenvalue weighted by Gasteiger charge is 2.28. The molecular formula is C12H19BrN2O2. The van der Waals surface area contributed by atoms with E-state index in [1.807, 2.05) is 9.80 Å². The van der Waals surface area contributed by atoms with E-state index in [0.29, 0.717) is 18.8 Å². The first-order chi connectivity index (χ1) is 8.20. The van der Waals surface area contributed by atoms with Crippen molar-refractivity contribution in [2.45, 2.75) is 25.7 Å². The van der Waals surface area contributed by atoms with Crippen LogP contribution in [-0.2, 0) is 9.59 Å². The predicted molar refractivity (Wildman–Crippen MR) is 68.9 cm³/mol. The lowest BCUT2D eigenvalue weighted by Gasteiger charge is -2.19. The Morgan fingerprint density at radius 2 is 1.94 bits per heavy atom. The molecule has 2 heterocycles. The highest BCUT2D eigenvalue weighted by atomic mass is 79.9. The summed E-state index contributed by atoms with van der Waals surface area (Å²) in [6.45, 7) is 3.38. The van der Waals surface area contributed by atoms with Gasteiger partial charge >= 0.3 is 0 Å². The normalized spacial score (nSPS) is 25.1. The first-order valence-electron chi connectivity index (χ1n) is 6.32. The highest BCUT2D eigenvalue weighted by molar-refractivity contribution is 9.09. The maximum Gasteiger partial charge on any atom is 0.222 e. The molecule has 17 heavy (non-hydrogen) atoms. The quantitative estimate of drug-likeness (QED) is 0.717. The molecule has 2 rings (SSSR count). The van der Waals surface area contributed by atoms with Crippen molar-refractivity contribution in [3.05, 3.63) is 0 Å². The Hall–Kier alpha value is -0.580. The molecule has 0 aromatic carbocycles. The molecule has 0 radical (unpaired) electrons. The summed E-state index contributed by atoms with van der Waals surface area (Å²) in [6, 6.07) is 0. The van der Waals surface area contributed by atoms with E-state index < -0.39 is 0 Å². The lowest BCUT2D eigenvalue weighted by molar-refractivity contribution is -0.128. The van der Waals surface area contributed by atoms with Crippen molar-refractivity contribution in [2.24, 2.45) is 5.92 Å². The van der Waals surface area contributed by atoms with Gasteiger partial charge in [-0.15, -0.1) is 0 Å². The highest BCUT2D eigenvalue weighted by Crippen LogP contribution is 2.20. The van der Waals surface area contributed by atoms with Crippen LogP contribution in [0.2, 0.25) is 0 Å². The summed E-state index contributed by atoms with van der Waals surface area (Å²) in [7, 11) is 0. The van der Waals surface area contributed by atoms with Crippen LogP contribution in [0.4, 0.5) is 0 Å². The van der Waals surface area contributed by atoms with Gasteiger partial charge in [0.05, 0.1) is 0 Å². The minimum atomic E-state index is 0.266. The van der Waals surface area contributed by atoms with Crippen molar-refractivity contribution >= 4 is 27.7 Å². The van der Waals surface area contributed by atoms with Crippen molar-refractivity contribution in [3.8, 4) is 0 Å². The summed E-state index contributed by atoms with van der Waals surface area (Å²) in [5.74, 6) is 1.01. The molecule has 0 saturated carbocycles. The zero-order valence-electron chi connectivity index (χ0n) is 10.0. The first-order valence-corrected chi connectivity index (χ1v) is 7.44. The molecule has 2 saturated heterocycles. The molecule has 0 N–H and O–H groups in total. The Bertz CT molecular complexity index is 309. The predicted octanol–water partition coefficient (Wildman–Crippen LogP) is 1.24. The van der Waals surface area contributed by atoms with E-state index in [-0.39, 0.29) is 11.8 Å². The first kappa shape index (κ1) is 12.9. The van der Waals surface area contributed by atoms with E-state index in [9.17, 15) is 9.59 Å². The topological polar surface area (TPSA) is 40.6 Å². The number of carbonyl (C=O) groups is 2. The van der Waals surface area contributed by atoms with E-state index in [1.54, 1.807) is 0 Å². The number of likely N-dealkylation sites (tertiary alicyclic amines) is 2. The Labute approximate surface area is 110 Å². The average molecular weight is 303 g/mol. The van der Waals surface area contributed by atoms with E-state index >= 15 is 0 Å². The van der Waals surface area contributed by atoms with Gasteiger partial charge in [0, 0.05) is 44.4 Å². The molecular weight excluding hydrogens is 284 g/mol. The number of alkyl halides is 1. The fourth-order valence-electron chi connectivity index (χ4n) is 2.57. The number of hydrogen-bond acceptors (Lipinski definition) is 2. The molecule has 96 valence electrons. The van der Waals surface area contributed by atoms with Gasteiger partial charge in [0.25, 0.3) is 0 Å². The van der Waals surface area contributed by atoms with Gasteiger partial charge in [-0.3, -0.25) is 9.59 Å². The van der Waals surface area contributed by atoms with Gasteiger partial charge in [-0.1, -0.05) is 15.9 Å². The van der Waals surface area contributed by atoms with Gasteiger partial charge in [-0.25, -0.2) is 0 Å². The van der Waals surface area contributed by atoms with E-state index in [0.717, 1.165) is 44.4 Å².